The summed E-state index contributed by atoms with van der Waals surface area (Å²) in [6.45, 7) is 7.19. The van der Waals surface area contributed by atoms with Crippen molar-refractivity contribution in [2.45, 2.75) is 18.7 Å². The minimum atomic E-state index is -3.56. The van der Waals surface area contributed by atoms with Crippen molar-refractivity contribution < 1.29 is 13.2 Å². The summed E-state index contributed by atoms with van der Waals surface area (Å²) in [5.74, 6) is -0.0439. The molecule has 1 aliphatic heterocycles. The van der Waals surface area contributed by atoms with Gasteiger partial charge in [-0.1, -0.05) is 25.4 Å². The van der Waals surface area contributed by atoms with Crippen LogP contribution in [0.5, 0.6) is 0 Å². The number of hydrogen-bond acceptors (Lipinski definition) is 4. The number of benzene rings is 2. The summed E-state index contributed by atoms with van der Waals surface area (Å²) >= 11 is 5.99. The van der Waals surface area contributed by atoms with Crippen LogP contribution in [0.25, 0.3) is 10.9 Å². The maximum atomic E-state index is 13.3. The van der Waals surface area contributed by atoms with Gasteiger partial charge in [-0.25, -0.2) is 8.42 Å². The summed E-state index contributed by atoms with van der Waals surface area (Å²) in [4.78, 5) is 17.7. The third-order valence-electron chi connectivity index (χ3n) is 6.33. The van der Waals surface area contributed by atoms with E-state index in [9.17, 15) is 13.2 Å². The van der Waals surface area contributed by atoms with Crippen LogP contribution in [0.15, 0.2) is 53.4 Å². The predicted molar refractivity (Wildman–Crippen MR) is 133 cm³/mol. The number of aryl methyl sites for hydroxylation is 1. The van der Waals surface area contributed by atoms with E-state index in [0.29, 0.717) is 36.9 Å². The highest BCUT2D eigenvalue weighted by atomic mass is 35.5. The van der Waals surface area contributed by atoms with Crippen molar-refractivity contribution in [1.82, 2.24) is 13.8 Å². The number of sulfonamides is 1. The lowest BCUT2D eigenvalue weighted by molar-refractivity contribution is 0.0737. The lowest BCUT2D eigenvalue weighted by Crippen LogP contribution is -2.49. The van der Waals surface area contributed by atoms with Gasteiger partial charge in [-0.2, -0.15) is 4.31 Å². The van der Waals surface area contributed by atoms with Crippen molar-refractivity contribution >= 4 is 44.1 Å². The molecule has 3 aromatic rings. The zero-order valence-corrected chi connectivity index (χ0v) is 20.7. The average molecular weight is 489 g/mol. The molecular formula is C24H29ClN4O3S. The Morgan fingerprint density at radius 3 is 2.21 bits per heavy atom. The van der Waals surface area contributed by atoms with Crippen LogP contribution in [0.3, 0.4) is 0 Å². The standard InChI is InChI=1S/C24H29ClN4O3S/c1-4-29(5-2)33(31,32)21-10-11-22-18(16-21)17-23(26(22)3)24(30)28-14-12-27(13-15-28)20-8-6-19(25)7-9-20/h6-11,16-17H,4-5,12-15H2,1-3H3. The Morgan fingerprint density at radius 2 is 1.61 bits per heavy atom. The molecule has 0 atom stereocenters. The number of nitrogens with zero attached hydrogens (tertiary/aromatic N) is 4. The number of halogens is 1. The quantitative estimate of drug-likeness (QED) is 0.529. The van der Waals surface area contributed by atoms with Crippen molar-refractivity contribution in [3.8, 4) is 0 Å². The van der Waals surface area contributed by atoms with Crippen LogP contribution in [-0.4, -0.2) is 67.4 Å². The summed E-state index contributed by atoms with van der Waals surface area (Å²) in [5.41, 5.74) is 2.48. The number of piperazine rings is 1. The Hall–Kier alpha value is -2.55. The van der Waals surface area contributed by atoms with Gasteiger partial charge in [-0.15, -0.1) is 0 Å². The van der Waals surface area contributed by atoms with E-state index >= 15 is 0 Å². The minimum absolute atomic E-state index is 0.0439. The first-order chi connectivity index (χ1) is 15.8. The molecule has 1 aromatic heterocycles. The number of fused-ring (bicyclic) bond motifs is 1. The van der Waals surface area contributed by atoms with Gasteiger partial charge >= 0.3 is 0 Å². The molecule has 1 saturated heterocycles. The molecule has 2 aromatic carbocycles. The largest absolute Gasteiger partial charge is 0.368 e. The van der Waals surface area contributed by atoms with Gasteiger partial charge in [0.05, 0.1) is 4.90 Å². The average Bonchev–Trinajstić information content (AvgIpc) is 3.15. The summed E-state index contributed by atoms with van der Waals surface area (Å²) < 4.78 is 29.1. The number of anilines is 1. The molecule has 33 heavy (non-hydrogen) atoms. The smallest absolute Gasteiger partial charge is 0.270 e. The van der Waals surface area contributed by atoms with Gasteiger partial charge in [0.1, 0.15) is 5.69 Å². The molecule has 0 aliphatic carbocycles. The van der Waals surface area contributed by atoms with Crippen LogP contribution in [0.4, 0.5) is 5.69 Å². The second-order valence-electron chi connectivity index (χ2n) is 8.15. The first-order valence-electron chi connectivity index (χ1n) is 11.2. The van der Waals surface area contributed by atoms with Gasteiger partial charge in [-0.3, -0.25) is 4.79 Å². The molecular weight excluding hydrogens is 460 g/mol. The van der Waals surface area contributed by atoms with Gasteiger partial charge < -0.3 is 14.4 Å². The van der Waals surface area contributed by atoms with E-state index in [0.717, 1.165) is 29.7 Å². The van der Waals surface area contributed by atoms with Crippen LogP contribution in [0.1, 0.15) is 24.3 Å². The summed E-state index contributed by atoms with van der Waals surface area (Å²) in [6, 6.07) is 14.6. The molecule has 0 N–H and O–H groups in total. The van der Waals surface area contributed by atoms with E-state index in [1.165, 1.54) is 4.31 Å². The molecule has 0 unspecified atom stereocenters. The first kappa shape index (κ1) is 23.6. The van der Waals surface area contributed by atoms with Crippen LogP contribution in [-0.2, 0) is 17.1 Å². The SMILES string of the molecule is CCN(CC)S(=O)(=O)c1ccc2c(c1)cc(C(=O)N1CCN(c3ccc(Cl)cc3)CC1)n2C. The van der Waals surface area contributed by atoms with Crippen molar-refractivity contribution in [2.75, 3.05) is 44.2 Å². The Labute approximate surface area is 200 Å². The van der Waals surface area contributed by atoms with E-state index < -0.39 is 10.0 Å². The molecule has 4 rings (SSSR count). The number of carbonyl (C=O) groups excluding carboxylic acids is 1. The topological polar surface area (TPSA) is 65.9 Å². The molecule has 0 saturated carbocycles. The third-order valence-corrected chi connectivity index (χ3v) is 8.63. The van der Waals surface area contributed by atoms with Crippen molar-refractivity contribution in [3.05, 3.63) is 59.2 Å². The van der Waals surface area contributed by atoms with Crippen molar-refractivity contribution in [1.29, 1.82) is 0 Å². The van der Waals surface area contributed by atoms with Gasteiger partial charge in [-0.05, 0) is 48.5 Å². The molecule has 0 bridgehead atoms. The molecule has 9 heteroatoms. The Kier molecular flexibility index (Phi) is 6.70. The minimum Gasteiger partial charge on any atom is -0.368 e. The maximum absolute atomic E-state index is 13.3. The summed E-state index contributed by atoms with van der Waals surface area (Å²) in [5, 5.41) is 1.45. The Balaban J connectivity index is 1.54. The van der Waals surface area contributed by atoms with E-state index in [4.69, 9.17) is 11.6 Å². The fourth-order valence-corrected chi connectivity index (χ4v) is 6.01. The van der Waals surface area contributed by atoms with Crippen molar-refractivity contribution in [3.63, 3.8) is 0 Å². The van der Waals surface area contributed by atoms with Gasteiger partial charge in [0.25, 0.3) is 5.91 Å². The second-order valence-corrected chi connectivity index (χ2v) is 10.5. The van der Waals surface area contributed by atoms with Gasteiger partial charge in [0.2, 0.25) is 10.0 Å². The van der Waals surface area contributed by atoms with Gasteiger partial charge in [0, 0.05) is 67.9 Å². The molecule has 1 amide bonds. The highest BCUT2D eigenvalue weighted by Crippen LogP contribution is 2.26. The van der Waals surface area contributed by atoms with E-state index in [2.05, 4.69) is 4.90 Å². The molecule has 1 aliphatic rings. The fourth-order valence-electron chi connectivity index (χ4n) is 4.39. The third kappa shape index (κ3) is 4.47. The Bertz CT molecular complexity index is 1260. The highest BCUT2D eigenvalue weighted by Gasteiger charge is 2.26. The number of aromatic nitrogens is 1. The lowest BCUT2D eigenvalue weighted by atomic mass is 10.2. The molecule has 176 valence electrons. The molecule has 1 fully saturated rings. The highest BCUT2D eigenvalue weighted by molar-refractivity contribution is 7.89. The monoisotopic (exact) mass is 488 g/mol. The number of amides is 1. The van der Waals surface area contributed by atoms with Gasteiger partial charge in [0.15, 0.2) is 0 Å². The van der Waals surface area contributed by atoms with Crippen LogP contribution >= 0.6 is 11.6 Å². The van der Waals surface area contributed by atoms with Crippen LogP contribution in [0, 0.1) is 0 Å². The second kappa shape index (κ2) is 9.37. The molecule has 7 nitrogen and oxygen atoms in total. The van der Waals surface area contributed by atoms with Crippen LogP contribution in [0.2, 0.25) is 5.02 Å². The summed E-state index contributed by atoms with van der Waals surface area (Å²) in [6.07, 6.45) is 0. The van der Waals surface area contributed by atoms with E-state index in [-0.39, 0.29) is 10.8 Å². The number of rotatable bonds is 6. The fraction of sp³-hybridized carbons (Fsp3) is 0.375. The molecule has 2 heterocycles. The van der Waals surface area contributed by atoms with E-state index in [1.54, 1.807) is 24.3 Å². The number of carbonyl (C=O) groups is 1. The van der Waals surface area contributed by atoms with Crippen LogP contribution < -0.4 is 4.90 Å². The molecule has 0 spiro atoms. The van der Waals surface area contributed by atoms with Crippen molar-refractivity contribution in [2.24, 2.45) is 7.05 Å². The lowest BCUT2D eigenvalue weighted by Gasteiger charge is -2.36. The normalized spacial score (nSPS) is 14.9. The predicted octanol–water partition coefficient (Wildman–Crippen LogP) is 3.82. The Morgan fingerprint density at radius 1 is 0.970 bits per heavy atom. The molecule has 0 radical (unpaired) electrons. The summed E-state index contributed by atoms with van der Waals surface area (Å²) in [7, 11) is -1.71. The number of hydrogen-bond donors (Lipinski definition) is 0. The van der Waals surface area contributed by atoms with E-state index in [1.807, 2.05) is 54.6 Å². The first-order valence-corrected chi connectivity index (χ1v) is 13.0. The zero-order valence-electron chi connectivity index (χ0n) is 19.2. The maximum Gasteiger partial charge on any atom is 0.270 e. The zero-order chi connectivity index (χ0) is 23.8.